The van der Waals surface area contributed by atoms with Gasteiger partial charge in [0.2, 0.25) is 0 Å². The predicted molar refractivity (Wildman–Crippen MR) is 57.1 cm³/mol. The molecule has 0 spiro atoms. The molecule has 0 bridgehead atoms. The van der Waals surface area contributed by atoms with Gasteiger partial charge >= 0.3 is 0 Å². The maximum absolute atomic E-state index is 9.38. The van der Waals surface area contributed by atoms with Crippen LogP contribution in [0.1, 0.15) is 17.5 Å². The number of nitriles is 1. The van der Waals surface area contributed by atoms with Crippen LogP contribution in [-0.2, 0) is 6.54 Å². The molecule has 3 nitrogen and oxygen atoms in total. The summed E-state index contributed by atoms with van der Waals surface area (Å²) in [4.78, 5) is 2.23. The Morgan fingerprint density at radius 3 is 2.67 bits per heavy atom. The molecule has 1 heterocycles. The molecular weight excluding hydrogens is 188 g/mol. The van der Waals surface area contributed by atoms with E-state index in [9.17, 15) is 5.11 Å². The molecule has 0 radical (unpaired) electrons. The smallest absolute Gasteiger partial charge is 0.0991 e. The van der Waals surface area contributed by atoms with Gasteiger partial charge in [-0.2, -0.15) is 5.26 Å². The Balaban J connectivity index is 1.96. The Hall–Kier alpha value is -1.37. The fourth-order valence-corrected chi connectivity index (χ4v) is 1.90. The zero-order valence-corrected chi connectivity index (χ0v) is 8.56. The van der Waals surface area contributed by atoms with Gasteiger partial charge in [0.25, 0.3) is 0 Å². The molecule has 0 saturated carbocycles. The first-order valence-corrected chi connectivity index (χ1v) is 5.17. The van der Waals surface area contributed by atoms with Crippen molar-refractivity contribution in [1.82, 2.24) is 4.90 Å². The van der Waals surface area contributed by atoms with E-state index in [1.54, 1.807) is 0 Å². The number of β-amino-alcohol motifs (C(OH)–C–C–N with tert-alkyl or cyclic N) is 1. The van der Waals surface area contributed by atoms with Crippen molar-refractivity contribution < 1.29 is 5.11 Å². The van der Waals surface area contributed by atoms with E-state index in [1.165, 1.54) is 5.56 Å². The van der Waals surface area contributed by atoms with Gasteiger partial charge in [-0.15, -0.1) is 0 Å². The zero-order chi connectivity index (χ0) is 10.7. The van der Waals surface area contributed by atoms with Gasteiger partial charge in [-0.25, -0.2) is 0 Å². The second kappa shape index (κ2) is 4.43. The molecule has 2 rings (SSSR count). The summed E-state index contributed by atoms with van der Waals surface area (Å²) in [5, 5.41) is 18.0. The average molecular weight is 202 g/mol. The van der Waals surface area contributed by atoms with E-state index in [2.05, 4.69) is 11.0 Å². The number of nitrogens with zero attached hydrogens (tertiary/aromatic N) is 2. The SMILES string of the molecule is N#Cc1ccc(CN2CC[C@H](O)C2)cc1. The minimum atomic E-state index is -0.164. The Morgan fingerprint density at radius 2 is 2.13 bits per heavy atom. The number of hydrogen-bond acceptors (Lipinski definition) is 3. The summed E-state index contributed by atoms with van der Waals surface area (Å²) < 4.78 is 0. The minimum Gasteiger partial charge on any atom is -0.392 e. The van der Waals surface area contributed by atoms with Gasteiger partial charge in [-0.3, -0.25) is 4.90 Å². The van der Waals surface area contributed by atoms with Gasteiger partial charge in [-0.05, 0) is 24.1 Å². The van der Waals surface area contributed by atoms with Crippen LogP contribution in [0.15, 0.2) is 24.3 Å². The second-order valence-corrected chi connectivity index (χ2v) is 3.99. The number of aliphatic hydroxyl groups excluding tert-OH is 1. The first kappa shape index (κ1) is 10.2. The first-order valence-electron chi connectivity index (χ1n) is 5.17. The van der Waals surface area contributed by atoms with Crippen molar-refractivity contribution in [2.45, 2.75) is 19.1 Å². The van der Waals surface area contributed by atoms with Crippen molar-refractivity contribution in [3.8, 4) is 6.07 Å². The molecule has 78 valence electrons. The third-order valence-electron chi connectivity index (χ3n) is 2.74. The molecule has 3 heteroatoms. The number of rotatable bonds is 2. The Labute approximate surface area is 89.6 Å². The van der Waals surface area contributed by atoms with Gasteiger partial charge < -0.3 is 5.11 Å². The van der Waals surface area contributed by atoms with Crippen molar-refractivity contribution in [2.24, 2.45) is 0 Å². The molecule has 0 aromatic heterocycles. The van der Waals surface area contributed by atoms with Crippen LogP contribution < -0.4 is 0 Å². The fourth-order valence-electron chi connectivity index (χ4n) is 1.90. The lowest BCUT2D eigenvalue weighted by Gasteiger charge is -2.14. The topological polar surface area (TPSA) is 47.3 Å². The summed E-state index contributed by atoms with van der Waals surface area (Å²) in [7, 11) is 0. The summed E-state index contributed by atoms with van der Waals surface area (Å²) in [6.45, 7) is 2.59. The molecule has 1 fully saturated rings. The summed E-state index contributed by atoms with van der Waals surface area (Å²) in [6, 6.07) is 9.72. The van der Waals surface area contributed by atoms with Gasteiger partial charge in [0.1, 0.15) is 0 Å². The summed E-state index contributed by atoms with van der Waals surface area (Å²) >= 11 is 0. The molecule has 1 aromatic rings. The van der Waals surface area contributed by atoms with Gasteiger partial charge in [0, 0.05) is 19.6 Å². The zero-order valence-electron chi connectivity index (χ0n) is 8.56. The molecule has 1 saturated heterocycles. The third kappa shape index (κ3) is 2.56. The molecule has 0 amide bonds. The maximum Gasteiger partial charge on any atom is 0.0991 e. The van der Waals surface area contributed by atoms with E-state index < -0.39 is 0 Å². The van der Waals surface area contributed by atoms with Crippen LogP contribution in [0.25, 0.3) is 0 Å². The van der Waals surface area contributed by atoms with Crippen LogP contribution in [-0.4, -0.2) is 29.2 Å². The van der Waals surface area contributed by atoms with Gasteiger partial charge in [0.05, 0.1) is 17.7 Å². The molecule has 0 unspecified atom stereocenters. The van der Waals surface area contributed by atoms with E-state index in [0.29, 0.717) is 5.56 Å². The Bertz CT molecular complexity index is 366. The van der Waals surface area contributed by atoms with Crippen molar-refractivity contribution in [2.75, 3.05) is 13.1 Å². The van der Waals surface area contributed by atoms with E-state index in [-0.39, 0.29) is 6.10 Å². The van der Waals surface area contributed by atoms with E-state index in [0.717, 1.165) is 26.1 Å². The minimum absolute atomic E-state index is 0.164. The highest BCUT2D eigenvalue weighted by Gasteiger charge is 2.19. The van der Waals surface area contributed by atoms with Crippen LogP contribution >= 0.6 is 0 Å². The van der Waals surface area contributed by atoms with Crippen LogP contribution in [0.4, 0.5) is 0 Å². The number of benzene rings is 1. The molecule has 1 N–H and O–H groups in total. The molecule has 1 aliphatic heterocycles. The van der Waals surface area contributed by atoms with Crippen molar-refractivity contribution in [3.05, 3.63) is 35.4 Å². The van der Waals surface area contributed by atoms with Gasteiger partial charge in [0.15, 0.2) is 0 Å². The van der Waals surface area contributed by atoms with Crippen molar-refractivity contribution >= 4 is 0 Å². The van der Waals surface area contributed by atoms with E-state index in [4.69, 9.17) is 5.26 Å². The third-order valence-corrected chi connectivity index (χ3v) is 2.74. The Morgan fingerprint density at radius 1 is 1.40 bits per heavy atom. The lowest BCUT2D eigenvalue weighted by Crippen LogP contribution is -2.21. The second-order valence-electron chi connectivity index (χ2n) is 3.99. The largest absolute Gasteiger partial charge is 0.392 e. The number of likely N-dealkylation sites (tertiary alicyclic amines) is 1. The van der Waals surface area contributed by atoms with Crippen LogP contribution in [0, 0.1) is 11.3 Å². The molecule has 1 aliphatic rings. The van der Waals surface area contributed by atoms with E-state index >= 15 is 0 Å². The van der Waals surface area contributed by atoms with Crippen molar-refractivity contribution in [1.29, 1.82) is 5.26 Å². The van der Waals surface area contributed by atoms with Crippen molar-refractivity contribution in [3.63, 3.8) is 0 Å². The molecular formula is C12H14N2O. The molecule has 1 aromatic carbocycles. The quantitative estimate of drug-likeness (QED) is 0.782. The van der Waals surface area contributed by atoms with Gasteiger partial charge in [-0.1, -0.05) is 12.1 Å². The fraction of sp³-hybridized carbons (Fsp3) is 0.417. The number of hydrogen-bond donors (Lipinski definition) is 1. The Kier molecular flexibility index (Phi) is 3.00. The monoisotopic (exact) mass is 202 g/mol. The summed E-state index contributed by atoms with van der Waals surface area (Å²) in [6.07, 6.45) is 0.708. The highest BCUT2D eigenvalue weighted by Crippen LogP contribution is 2.13. The normalized spacial score (nSPS) is 21.5. The lowest BCUT2D eigenvalue weighted by molar-refractivity contribution is 0.175. The highest BCUT2D eigenvalue weighted by molar-refractivity contribution is 5.31. The first-order chi connectivity index (χ1) is 7.28. The molecule has 0 aliphatic carbocycles. The summed E-state index contributed by atoms with van der Waals surface area (Å²) in [5.41, 5.74) is 1.89. The van der Waals surface area contributed by atoms with Crippen LogP contribution in [0.2, 0.25) is 0 Å². The average Bonchev–Trinajstić information content (AvgIpc) is 2.65. The molecule has 1 atom stereocenters. The van der Waals surface area contributed by atoms with Crippen LogP contribution in [0.5, 0.6) is 0 Å². The predicted octanol–water partition coefficient (Wildman–Crippen LogP) is 1.12. The highest BCUT2D eigenvalue weighted by atomic mass is 16.3. The number of aliphatic hydroxyl groups is 1. The summed E-state index contributed by atoms with van der Waals surface area (Å²) in [5.74, 6) is 0. The maximum atomic E-state index is 9.38. The standard InChI is InChI=1S/C12H14N2O/c13-7-10-1-3-11(4-2-10)8-14-6-5-12(15)9-14/h1-4,12,15H,5-6,8-9H2/t12-/m0/s1. The van der Waals surface area contributed by atoms with Crippen LogP contribution in [0.3, 0.4) is 0 Å². The lowest BCUT2D eigenvalue weighted by atomic mass is 10.1. The van der Waals surface area contributed by atoms with E-state index in [1.807, 2.05) is 24.3 Å². The molecule has 15 heavy (non-hydrogen) atoms.